The lowest BCUT2D eigenvalue weighted by atomic mass is 10.0. The number of amides is 1. The fourth-order valence-corrected chi connectivity index (χ4v) is 3.76. The van der Waals surface area contributed by atoms with Crippen molar-refractivity contribution in [3.05, 3.63) is 89.6 Å². The second-order valence-electron chi connectivity index (χ2n) is 7.18. The molecule has 1 aliphatic heterocycles. The van der Waals surface area contributed by atoms with Crippen molar-refractivity contribution in [2.45, 2.75) is 13.0 Å². The SMILES string of the molecule is COc1cccc2ccc(C3C(NC(=O)c4ccccc4)=C(C)Nc4ncnn43)nc12. The zero-order valence-electron chi connectivity index (χ0n) is 17.0. The van der Waals surface area contributed by atoms with E-state index in [0.717, 1.165) is 16.6 Å². The Morgan fingerprint density at radius 2 is 1.94 bits per heavy atom. The monoisotopic (exact) mass is 412 g/mol. The van der Waals surface area contributed by atoms with Crippen LogP contribution in [-0.2, 0) is 0 Å². The molecule has 2 N–H and O–H groups in total. The molecule has 8 nitrogen and oxygen atoms in total. The van der Waals surface area contributed by atoms with Crippen molar-refractivity contribution in [3.8, 4) is 5.75 Å². The molecule has 2 aromatic heterocycles. The Bertz CT molecular complexity index is 1310. The van der Waals surface area contributed by atoms with Crippen molar-refractivity contribution < 1.29 is 9.53 Å². The van der Waals surface area contributed by atoms with Crippen LogP contribution in [0.25, 0.3) is 10.9 Å². The van der Waals surface area contributed by atoms with Crippen molar-refractivity contribution in [2.75, 3.05) is 12.4 Å². The quantitative estimate of drug-likeness (QED) is 0.533. The topological polar surface area (TPSA) is 94.0 Å². The van der Waals surface area contributed by atoms with Gasteiger partial charge in [-0.2, -0.15) is 10.1 Å². The van der Waals surface area contributed by atoms with Crippen LogP contribution in [0.4, 0.5) is 5.95 Å². The van der Waals surface area contributed by atoms with E-state index in [1.807, 2.05) is 55.5 Å². The standard InChI is InChI=1S/C23H20N6O2/c1-14-19(28-22(30)16-7-4-3-5-8-16)21(29-23(26-14)24-13-25-29)17-12-11-15-9-6-10-18(31-2)20(15)27-17/h3-13,21H,1-2H3,(H,28,30)(H,24,25,26). The summed E-state index contributed by atoms with van der Waals surface area (Å²) in [5, 5.41) is 11.6. The van der Waals surface area contributed by atoms with E-state index < -0.39 is 6.04 Å². The molecule has 0 spiro atoms. The van der Waals surface area contributed by atoms with Crippen LogP contribution < -0.4 is 15.4 Å². The molecule has 154 valence electrons. The number of anilines is 1. The third-order valence-corrected chi connectivity index (χ3v) is 5.28. The van der Waals surface area contributed by atoms with Crippen LogP contribution in [-0.4, -0.2) is 32.8 Å². The van der Waals surface area contributed by atoms with E-state index in [1.54, 1.807) is 23.9 Å². The lowest BCUT2D eigenvalue weighted by Gasteiger charge is -2.29. The highest BCUT2D eigenvalue weighted by molar-refractivity contribution is 5.95. The molecule has 0 fully saturated rings. The van der Waals surface area contributed by atoms with Gasteiger partial charge in [0, 0.05) is 16.6 Å². The van der Waals surface area contributed by atoms with Crippen molar-refractivity contribution in [2.24, 2.45) is 0 Å². The largest absolute Gasteiger partial charge is 0.494 e. The maximum atomic E-state index is 12.9. The van der Waals surface area contributed by atoms with E-state index >= 15 is 0 Å². The Morgan fingerprint density at radius 1 is 1.10 bits per heavy atom. The minimum Gasteiger partial charge on any atom is -0.494 e. The Kier molecular flexibility index (Phi) is 4.59. The zero-order chi connectivity index (χ0) is 21.4. The number of carbonyl (C=O) groups excluding carboxylic acids is 1. The summed E-state index contributed by atoms with van der Waals surface area (Å²) in [6.07, 6.45) is 1.48. The second kappa shape index (κ2) is 7.56. The summed E-state index contributed by atoms with van der Waals surface area (Å²) < 4.78 is 7.22. The molecule has 0 aliphatic carbocycles. The number of benzene rings is 2. The van der Waals surface area contributed by atoms with Gasteiger partial charge in [-0.25, -0.2) is 9.67 Å². The number of allylic oxidation sites excluding steroid dienone is 2. The number of fused-ring (bicyclic) bond motifs is 2. The van der Waals surface area contributed by atoms with Crippen LogP contribution in [0.2, 0.25) is 0 Å². The van der Waals surface area contributed by atoms with E-state index in [1.165, 1.54) is 6.33 Å². The van der Waals surface area contributed by atoms with E-state index in [9.17, 15) is 4.79 Å². The smallest absolute Gasteiger partial charge is 0.255 e. The number of para-hydroxylation sites is 1. The van der Waals surface area contributed by atoms with Crippen LogP contribution in [0.3, 0.4) is 0 Å². The number of methoxy groups -OCH3 is 1. The molecule has 1 atom stereocenters. The maximum Gasteiger partial charge on any atom is 0.255 e. The van der Waals surface area contributed by atoms with Gasteiger partial charge in [0.25, 0.3) is 5.91 Å². The number of hydrogen-bond donors (Lipinski definition) is 2. The first-order valence-corrected chi connectivity index (χ1v) is 9.83. The normalized spacial score (nSPS) is 15.4. The van der Waals surface area contributed by atoms with Gasteiger partial charge in [0.2, 0.25) is 5.95 Å². The molecule has 1 aliphatic rings. The molecular formula is C23H20N6O2. The van der Waals surface area contributed by atoms with Crippen molar-refractivity contribution in [1.82, 2.24) is 25.1 Å². The fraction of sp³-hybridized carbons (Fsp3) is 0.130. The van der Waals surface area contributed by atoms with Crippen LogP contribution in [0, 0.1) is 0 Å². The minimum absolute atomic E-state index is 0.205. The molecule has 4 aromatic rings. The number of pyridine rings is 1. The molecule has 0 saturated carbocycles. The van der Waals surface area contributed by atoms with Gasteiger partial charge in [0.1, 0.15) is 23.6 Å². The van der Waals surface area contributed by atoms with Gasteiger partial charge in [-0.05, 0) is 31.2 Å². The summed E-state index contributed by atoms with van der Waals surface area (Å²) >= 11 is 0. The highest BCUT2D eigenvalue weighted by Gasteiger charge is 2.31. The minimum atomic E-state index is -0.458. The van der Waals surface area contributed by atoms with Crippen molar-refractivity contribution in [1.29, 1.82) is 0 Å². The van der Waals surface area contributed by atoms with Crippen LogP contribution in [0.5, 0.6) is 5.75 Å². The Labute approximate surface area is 178 Å². The van der Waals surface area contributed by atoms with Crippen molar-refractivity contribution >= 4 is 22.8 Å². The van der Waals surface area contributed by atoms with E-state index in [4.69, 9.17) is 9.72 Å². The molecule has 0 radical (unpaired) electrons. The predicted molar refractivity (Wildman–Crippen MR) is 117 cm³/mol. The average molecular weight is 412 g/mol. The van der Waals surface area contributed by atoms with E-state index in [2.05, 4.69) is 20.7 Å². The number of nitrogens with one attached hydrogen (secondary N) is 2. The first kappa shape index (κ1) is 18.8. The van der Waals surface area contributed by atoms with Gasteiger partial charge in [-0.1, -0.05) is 36.4 Å². The van der Waals surface area contributed by atoms with Crippen molar-refractivity contribution in [3.63, 3.8) is 0 Å². The number of nitrogens with zero attached hydrogens (tertiary/aromatic N) is 4. The molecular weight excluding hydrogens is 392 g/mol. The Hall–Kier alpha value is -4.20. The van der Waals surface area contributed by atoms with Gasteiger partial charge < -0.3 is 15.4 Å². The number of ether oxygens (including phenoxy) is 1. The molecule has 3 heterocycles. The molecule has 8 heteroatoms. The van der Waals surface area contributed by atoms with Crippen LogP contribution >= 0.6 is 0 Å². The van der Waals surface area contributed by atoms with E-state index in [-0.39, 0.29) is 5.91 Å². The molecule has 1 unspecified atom stereocenters. The summed E-state index contributed by atoms with van der Waals surface area (Å²) in [5.74, 6) is 1.06. The summed E-state index contributed by atoms with van der Waals surface area (Å²) in [5.41, 5.74) is 3.46. The summed E-state index contributed by atoms with van der Waals surface area (Å²) in [6, 6.07) is 18.3. The number of hydrogen-bond acceptors (Lipinski definition) is 6. The van der Waals surface area contributed by atoms with Gasteiger partial charge in [0.05, 0.1) is 18.5 Å². The highest BCUT2D eigenvalue weighted by atomic mass is 16.5. The Morgan fingerprint density at radius 3 is 2.74 bits per heavy atom. The fourth-order valence-electron chi connectivity index (χ4n) is 3.76. The highest BCUT2D eigenvalue weighted by Crippen LogP contribution is 2.34. The molecule has 2 aromatic carbocycles. The van der Waals surface area contributed by atoms with Gasteiger partial charge in [-0.3, -0.25) is 4.79 Å². The number of rotatable bonds is 4. The molecule has 0 bridgehead atoms. The lowest BCUT2D eigenvalue weighted by molar-refractivity contribution is 0.0961. The number of carbonyl (C=O) groups is 1. The molecule has 31 heavy (non-hydrogen) atoms. The average Bonchev–Trinajstić information content (AvgIpc) is 3.27. The summed E-state index contributed by atoms with van der Waals surface area (Å²) in [6.45, 7) is 1.90. The molecule has 0 saturated heterocycles. The summed E-state index contributed by atoms with van der Waals surface area (Å²) in [4.78, 5) is 22.1. The lowest BCUT2D eigenvalue weighted by Crippen LogP contribution is -2.35. The first-order chi connectivity index (χ1) is 15.2. The first-order valence-electron chi connectivity index (χ1n) is 9.83. The third kappa shape index (κ3) is 3.28. The molecule has 1 amide bonds. The predicted octanol–water partition coefficient (Wildman–Crippen LogP) is 3.51. The van der Waals surface area contributed by atoms with Gasteiger partial charge in [-0.15, -0.1) is 0 Å². The summed E-state index contributed by atoms with van der Waals surface area (Å²) in [7, 11) is 1.62. The van der Waals surface area contributed by atoms with Crippen LogP contribution in [0.1, 0.15) is 29.0 Å². The second-order valence-corrected chi connectivity index (χ2v) is 7.18. The number of aromatic nitrogens is 4. The van der Waals surface area contributed by atoms with E-state index in [0.29, 0.717) is 28.7 Å². The van der Waals surface area contributed by atoms with Gasteiger partial charge >= 0.3 is 0 Å². The maximum absolute atomic E-state index is 12.9. The van der Waals surface area contributed by atoms with Gasteiger partial charge in [0.15, 0.2) is 0 Å². The van der Waals surface area contributed by atoms with Crippen LogP contribution in [0.15, 0.2) is 78.4 Å². The molecule has 5 rings (SSSR count). The zero-order valence-corrected chi connectivity index (χ0v) is 17.0. The third-order valence-electron chi connectivity index (χ3n) is 5.28. The Balaban J connectivity index is 1.62.